The van der Waals surface area contributed by atoms with Crippen LogP contribution < -0.4 is 16.4 Å². The third-order valence-corrected chi connectivity index (χ3v) is 6.88. The Labute approximate surface area is 202 Å². The van der Waals surface area contributed by atoms with E-state index in [-0.39, 0.29) is 49.0 Å². The molecular formula is C23H24F5N7O. The molecular weight excluding hydrogens is 485 g/mol. The van der Waals surface area contributed by atoms with Crippen molar-refractivity contribution in [2.24, 2.45) is 11.7 Å². The lowest BCUT2D eigenvalue weighted by atomic mass is 9.85. The number of fused-ring (bicyclic) bond motifs is 1. The minimum Gasteiger partial charge on any atom is -0.369 e. The number of amides is 1. The maximum atomic E-state index is 14.4. The molecule has 0 bridgehead atoms. The standard InChI is InChI=1S/C23H24F5N7O/c24-12-7-15(25)18(16(26)8-12)33-22-32-17-10-30-21(31-13-5-6-23(27,28)9-13)34-20(17)35(22)14-3-1-11(2-4-14)19(29)36/h7-8,10-11,13-14H,1-6,9H2,(H2,29,36)(H,32,33)(H,30,31,34)/t11-,13-,14+/m1/s1. The van der Waals surface area contributed by atoms with Gasteiger partial charge in [-0.15, -0.1) is 0 Å². The first kappa shape index (κ1) is 24.2. The second-order valence-electron chi connectivity index (χ2n) is 9.43. The van der Waals surface area contributed by atoms with E-state index in [9.17, 15) is 26.7 Å². The third-order valence-electron chi connectivity index (χ3n) is 6.88. The van der Waals surface area contributed by atoms with E-state index in [1.54, 1.807) is 4.57 Å². The Bertz CT molecular complexity index is 1280. The number of alkyl halides is 2. The van der Waals surface area contributed by atoms with E-state index in [1.807, 2.05) is 0 Å². The molecule has 0 radical (unpaired) electrons. The molecule has 1 aromatic carbocycles. The second-order valence-corrected chi connectivity index (χ2v) is 9.43. The number of halogens is 5. The number of aromatic nitrogens is 4. The van der Waals surface area contributed by atoms with Crippen LogP contribution in [0.2, 0.25) is 0 Å². The molecule has 0 unspecified atom stereocenters. The molecule has 8 nitrogen and oxygen atoms in total. The van der Waals surface area contributed by atoms with Gasteiger partial charge in [0.1, 0.15) is 17.0 Å². The van der Waals surface area contributed by atoms with E-state index in [4.69, 9.17) is 5.73 Å². The monoisotopic (exact) mass is 509 g/mol. The molecule has 5 rings (SSSR count). The molecule has 2 aliphatic rings. The fourth-order valence-corrected chi connectivity index (χ4v) is 5.04. The van der Waals surface area contributed by atoms with Crippen LogP contribution in [-0.4, -0.2) is 37.4 Å². The summed E-state index contributed by atoms with van der Waals surface area (Å²) in [6, 6.07) is 0.351. The average Bonchev–Trinajstić information content (AvgIpc) is 3.34. The van der Waals surface area contributed by atoms with E-state index in [0.29, 0.717) is 49.0 Å². The van der Waals surface area contributed by atoms with Crippen LogP contribution in [-0.2, 0) is 4.79 Å². The highest BCUT2D eigenvalue weighted by Gasteiger charge is 2.39. The molecule has 2 aromatic heterocycles. The number of nitrogens with two attached hydrogens (primary N) is 1. The van der Waals surface area contributed by atoms with Gasteiger partial charge in [-0.05, 0) is 32.1 Å². The van der Waals surface area contributed by atoms with Gasteiger partial charge < -0.3 is 16.4 Å². The van der Waals surface area contributed by atoms with Crippen LogP contribution in [0.1, 0.15) is 51.0 Å². The fourth-order valence-electron chi connectivity index (χ4n) is 5.04. The summed E-state index contributed by atoms with van der Waals surface area (Å²) in [5.41, 5.74) is 5.49. The number of anilines is 3. The van der Waals surface area contributed by atoms with Crippen LogP contribution in [0.3, 0.4) is 0 Å². The van der Waals surface area contributed by atoms with Crippen molar-refractivity contribution in [3.63, 3.8) is 0 Å². The molecule has 0 saturated heterocycles. The fraction of sp³-hybridized carbons (Fsp3) is 0.478. The van der Waals surface area contributed by atoms with Gasteiger partial charge in [0.05, 0.1) is 6.20 Å². The van der Waals surface area contributed by atoms with E-state index in [2.05, 4.69) is 25.6 Å². The number of hydrogen-bond donors (Lipinski definition) is 3. The molecule has 192 valence electrons. The second kappa shape index (κ2) is 9.17. The minimum atomic E-state index is -2.75. The zero-order valence-corrected chi connectivity index (χ0v) is 19.1. The van der Waals surface area contributed by atoms with Gasteiger partial charge >= 0.3 is 0 Å². The van der Waals surface area contributed by atoms with Crippen LogP contribution in [0, 0.1) is 23.4 Å². The zero-order valence-electron chi connectivity index (χ0n) is 19.1. The highest BCUT2D eigenvalue weighted by Crippen LogP contribution is 2.38. The number of carbonyl (C=O) groups excluding carboxylic acids is 1. The number of primary amides is 1. The van der Waals surface area contributed by atoms with Gasteiger partial charge in [0.15, 0.2) is 17.3 Å². The highest BCUT2D eigenvalue weighted by atomic mass is 19.3. The SMILES string of the molecule is NC(=O)[C@H]1CC[C@@H](n2c(Nc3c(F)cc(F)cc3F)nc3cnc(N[C@@H]4CCC(F)(F)C4)nc32)CC1. The Morgan fingerprint density at radius 2 is 1.75 bits per heavy atom. The number of hydrogen-bond acceptors (Lipinski definition) is 6. The minimum absolute atomic E-state index is 0.0517. The van der Waals surface area contributed by atoms with Crippen molar-refractivity contribution >= 4 is 34.7 Å². The number of nitrogens with one attached hydrogen (secondary N) is 2. The summed E-state index contributed by atoms with van der Waals surface area (Å²) in [4.78, 5) is 24.7. The van der Waals surface area contributed by atoms with E-state index >= 15 is 0 Å². The molecule has 0 spiro atoms. The van der Waals surface area contributed by atoms with Crippen LogP contribution >= 0.6 is 0 Å². The molecule has 4 N–H and O–H groups in total. The van der Waals surface area contributed by atoms with Gasteiger partial charge in [-0.2, -0.15) is 4.98 Å². The van der Waals surface area contributed by atoms with Crippen molar-refractivity contribution in [2.45, 2.75) is 63.0 Å². The lowest BCUT2D eigenvalue weighted by molar-refractivity contribution is -0.122. The maximum absolute atomic E-state index is 14.4. The summed E-state index contributed by atoms with van der Waals surface area (Å²) in [5.74, 6) is -6.58. The number of carbonyl (C=O) groups is 1. The number of rotatable bonds is 6. The van der Waals surface area contributed by atoms with Crippen molar-refractivity contribution < 1.29 is 26.7 Å². The van der Waals surface area contributed by atoms with Gasteiger partial charge in [-0.3, -0.25) is 9.36 Å². The highest BCUT2D eigenvalue weighted by molar-refractivity contribution is 5.78. The molecule has 2 heterocycles. The molecule has 1 atom stereocenters. The topological polar surface area (TPSA) is 111 Å². The zero-order chi connectivity index (χ0) is 25.6. The molecule has 3 aromatic rings. The Balaban J connectivity index is 1.52. The molecule has 1 amide bonds. The summed E-state index contributed by atoms with van der Waals surface area (Å²) in [6.07, 6.45) is 3.15. The van der Waals surface area contributed by atoms with Crippen molar-refractivity contribution in [3.8, 4) is 0 Å². The molecule has 13 heteroatoms. The number of imidazole rings is 1. The van der Waals surface area contributed by atoms with Crippen LogP contribution in [0.4, 0.5) is 39.5 Å². The Kier molecular flexibility index (Phi) is 6.17. The summed E-state index contributed by atoms with van der Waals surface area (Å²) in [6.45, 7) is 0. The molecule has 0 aliphatic heterocycles. The van der Waals surface area contributed by atoms with E-state index in [0.717, 1.165) is 0 Å². The van der Waals surface area contributed by atoms with Crippen LogP contribution in [0.5, 0.6) is 0 Å². The van der Waals surface area contributed by atoms with E-state index in [1.165, 1.54) is 6.20 Å². The van der Waals surface area contributed by atoms with Crippen molar-refractivity contribution in [1.29, 1.82) is 0 Å². The molecule has 2 fully saturated rings. The maximum Gasteiger partial charge on any atom is 0.250 e. The third kappa shape index (κ3) is 4.78. The summed E-state index contributed by atoms with van der Waals surface area (Å²) in [7, 11) is 0. The lowest BCUT2D eigenvalue weighted by Gasteiger charge is -2.29. The summed E-state index contributed by atoms with van der Waals surface area (Å²) >= 11 is 0. The Morgan fingerprint density at radius 3 is 2.36 bits per heavy atom. The van der Waals surface area contributed by atoms with Gasteiger partial charge in [0, 0.05) is 43.0 Å². The van der Waals surface area contributed by atoms with Crippen LogP contribution in [0.25, 0.3) is 11.2 Å². The van der Waals surface area contributed by atoms with Crippen LogP contribution in [0.15, 0.2) is 18.3 Å². The van der Waals surface area contributed by atoms with E-state index < -0.39 is 35.1 Å². The number of nitrogens with zero attached hydrogens (tertiary/aromatic N) is 4. The Hall–Kier alpha value is -3.51. The molecule has 2 aliphatic carbocycles. The summed E-state index contributed by atoms with van der Waals surface area (Å²) in [5, 5.41) is 5.55. The predicted octanol–water partition coefficient (Wildman–Crippen LogP) is 4.80. The predicted molar refractivity (Wildman–Crippen MR) is 121 cm³/mol. The smallest absolute Gasteiger partial charge is 0.250 e. The van der Waals surface area contributed by atoms with Gasteiger partial charge in [0.25, 0.3) is 0 Å². The van der Waals surface area contributed by atoms with Crippen molar-refractivity contribution in [1.82, 2.24) is 19.5 Å². The molecule has 36 heavy (non-hydrogen) atoms. The van der Waals surface area contributed by atoms with Gasteiger partial charge in [-0.25, -0.2) is 31.9 Å². The largest absolute Gasteiger partial charge is 0.369 e. The van der Waals surface area contributed by atoms with Gasteiger partial charge in [0.2, 0.25) is 23.7 Å². The lowest BCUT2D eigenvalue weighted by Crippen LogP contribution is -2.29. The van der Waals surface area contributed by atoms with Crippen molar-refractivity contribution in [3.05, 3.63) is 35.8 Å². The van der Waals surface area contributed by atoms with Crippen molar-refractivity contribution in [2.75, 3.05) is 10.6 Å². The first-order valence-corrected chi connectivity index (χ1v) is 11.7. The first-order valence-electron chi connectivity index (χ1n) is 11.7. The summed E-state index contributed by atoms with van der Waals surface area (Å²) < 4.78 is 71.1. The Morgan fingerprint density at radius 1 is 1.06 bits per heavy atom. The normalized spacial score (nSPS) is 23.6. The number of benzene rings is 1. The average molecular weight is 509 g/mol. The quantitative estimate of drug-likeness (QED) is 0.412. The first-order chi connectivity index (χ1) is 17.1. The molecule has 2 saturated carbocycles. The van der Waals surface area contributed by atoms with Gasteiger partial charge in [-0.1, -0.05) is 0 Å².